The molecule has 0 aromatic heterocycles. The Bertz CT molecular complexity index is 712. The van der Waals surface area contributed by atoms with Gasteiger partial charge in [0.05, 0.1) is 0 Å². The largest absolute Gasteiger partial charge is 0.478 e. The van der Waals surface area contributed by atoms with Crippen LogP contribution in [0.25, 0.3) is 0 Å². The molecule has 0 radical (unpaired) electrons. The molecule has 0 saturated carbocycles. The molecular formula is C21H27ClN2O2. The summed E-state index contributed by atoms with van der Waals surface area (Å²) in [5, 5.41) is 3.59. The van der Waals surface area contributed by atoms with E-state index < -0.39 is 5.60 Å². The average Bonchev–Trinajstić information content (AvgIpc) is 2.60. The Labute approximate surface area is 161 Å². The van der Waals surface area contributed by atoms with E-state index in [0.29, 0.717) is 17.3 Å². The summed E-state index contributed by atoms with van der Waals surface area (Å²) in [7, 11) is 2.06. The summed E-state index contributed by atoms with van der Waals surface area (Å²) < 4.78 is 5.80. The second kappa shape index (κ2) is 8.95. The molecule has 1 amide bonds. The molecule has 0 aliphatic heterocycles. The third-order valence-corrected chi connectivity index (χ3v) is 4.42. The first-order valence-corrected chi connectivity index (χ1v) is 9.16. The van der Waals surface area contributed by atoms with Crippen molar-refractivity contribution in [1.29, 1.82) is 0 Å². The second-order valence-corrected chi connectivity index (χ2v) is 7.37. The molecule has 4 nitrogen and oxygen atoms in total. The lowest BCUT2D eigenvalue weighted by atomic mass is 10.1. The van der Waals surface area contributed by atoms with E-state index >= 15 is 0 Å². The molecule has 1 N–H and O–H groups in total. The molecule has 0 aliphatic carbocycles. The molecule has 140 valence electrons. The Morgan fingerprint density at radius 2 is 1.73 bits per heavy atom. The molecule has 5 heteroatoms. The number of halogens is 1. The molecular weight excluding hydrogens is 348 g/mol. The summed E-state index contributed by atoms with van der Waals surface area (Å²) >= 11 is 5.87. The number of ether oxygens (including phenoxy) is 1. The highest BCUT2D eigenvalue weighted by Crippen LogP contribution is 2.21. The quantitative estimate of drug-likeness (QED) is 0.694. The zero-order valence-electron chi connectivity index (χ0n) is 15.9. The monoisotopic (exact) mass is 374 g/mol. The fraction of sp³-hybridized carbons (Fsp3) is 0.381. The first kappa shape index (κ1) is 20.1. The maximum absolute atomic E-state index is 12.4. The molecule has 0 unspecified atom stereocenters. The van der Waals surface area contributed by atoms with Crippen LogP contribution in [0.3, 0.4) is 0 Å². The van der Waals surface area contributed by atoms with E-state index in [1.807, 2.05) is 0 Å². The van der Waals surface area contributed by atoms with Crippen LogP contribution in [0.5, 0.6) is 5.75 Å². The number of hydrogen-bond donors (Lipinski definition) is 1. The van der Waals surface area contributed by atoms with Gasteiger partial charge in [0.1, 0.15) is 5.75 Å². The van der Waals surface area contributed by atoms with Crippen LogP contribution >= 0.6 is 11.6 Å². The molecule has 0 fully saturated rings. The van der Waals surface area contributed by atoms with Crippen molar-refractivity contribution in [2.45, 2.75) is 32.8 Å². The van der Waals surface area contributed by atoms with Crippen molar-refractivity contribution >= 4 is 23.2 Å². The SMILES string of the molecule is Cc1ccc(N(C)CCCNC(=O)C(C)(C)Oc2ccc(Cl)cc2)cc1. The summed E-state index contributed by atoms with van der Waals surface area (Å²) in [6.07, 6.45) is 0.854. The molecule has 26 heavy (non-hydrogen) atoms. The molecule has 2 rings (SSSR count). The number of benzene rings is 2. The second-order valence-electron chi connectivity index (χ2n) is 6.93. The van der Waals surface area contributed by atoms with Gasteiger partial charge in [-0.1, -0.05) is 29.3 Å². The Morgan fingerprint density at radius 3 is 2.35 bits per heavy atom. The summed E-state index contributed by atoms with van der Waals surface area (Å²) in [5.41, 5.74) is 1.47. The number of carbonyl (C=O) groups excluding carboxylic acids is 1. The van der Waals surface area contributed by atoms with Crippen LogP contribution in [0, 0.1) is 6.92 Å². The molecule has 0 saturated heterocycles. The minimum atomic E-state index is -0.948. The molecule has 2 aromatic rings. The van der Waals surface area contributed by atoms with Gasteiger partial charge in [-0.05, 0) is 63.6 Å². The number of aryl methyl sites for hydroxylation is 1. The van der Waals surface area contributed by atoms with Gasteiger partial charge in [-0.15, -0.1) is 0 Å². The predicted molar refractivity (Wildman–Crippen MR) is 108 cm³/mol. The van der Waals surface area contributed by atoms with Crippen molar-refractivity contribution < 1.29 is 9.53 Å². The normalized spacial score (nSPS) is 11.1. The van der Waals surface area contributed by atoms with Crippen LogP contribution in [0.1, 0.15) is 25.8 Å². The first-order valence-electron chi connectivity index (χ1n) is 8.78. The number of nitrogens with one attached hydrogen (secondary N) is 1. The van der Waals surface area contributed by atoms with Crippen LogP contribution in [0.4, 0.5) is 5.69 Å². The highest BCUT2D eigenvalue weighted by molar-refractivity contribution is 6.30. The Kier molecular flexibility index (Phi) is 6.92. The van der Waals surface area contributed by atoms with Crippen molar-refractivity contribution in [3.8, 4) is 5.75 Å². The third-order valence-electron chi connectivity index (χ3n) is 4.16. The van der Waals surface area contributed by atoms with Gasteiger partial charge in [-0.3, -0.25) is 4.79 Å². The fourth-order valence-electron chi connectivity index (χ4n) is 2.50. The van der Waals surface area contributed by atoms with Crippen molar-refractivity contribution in [1.82, 2.24) is 5.32 Å². The van der Waals surface area contributed by atoms with Crippen molar-refractivity contribution in [3.63, 3.8) is 0 Å². The predicted octanol–water partition coefficient (Wildman–Crippen LogP) is 4.45. The Morgan fingerprint density at radius 1 is 1.12 bits per heavy atom. The van der Waals surface area contributed by atoms with E-state index in [-0.39, 0.29) is 5.91 Å². The third kappa shape index (κ3) is 5.95. The summed E-state index contributed by atoms with van der Waals surface area (Å²) in [6.45, 7) is 7.06. The van der Waals surface area contributed by atoms with Gasteiger partial charge in [0, 0.05) is 30.8 Å². The number of nitrogens with zero attached hydrogens (tertiary/aromatic N) is 1. The van der Waals surface area contributed by atoms with Crippen LogP contribution < -0.4 is 15.0 Å². The van der Waals surface area contributed by atoms with Gasteiger partial charge < -0.3 is 15.0 Å². The van der Waals surface area contributed by atoms with Crippen LogP contribution in [-0.4, -0.2) is 31.6 Å². The molecule has 0 bridgehead atoms. The van der Waals surface area contributed by atoms with Gasteiger partial charge in [0.15, 0.2) is 5.60 Å². The maximum Gasteiger partial charge on any atom is 0.263 e. The van der Waals surface area contributed by atoms with E-state index in [4.69, 9.17) is 16.3 Å². The Balaban J connectivity index is 1.76. The van der Waals surface area contributed by atoms with E-state index in [1.165, 1.54) is 11.3 Å². The lowest BCUT2D eigenvalue weighted by Gasteiger charge is -2.26. The zero-order chi connectivity index (χ0) is 19.2. The van der Waals surface area contributed by atoms with Gasteiger partial charge in [-0.25, -0.2) is 0 Å². The number of anilines is 1. The standard InChI is InChI=1S/C21H27ClN2O2/c1-16-6-10-18(11-7-16)24(4)15-5-14-23-20(25)21(2,3)26-19-12-8-17(22)9-13-19/h6-13H,5,14-15H2,1-4H3,(H,23,25). The molecule has 0 spiro atoms. The van der Waals surface area contributed by atoms with Gasteiger partial charge in [-0.2, -0.15) is 0 Å². The maximum atomic E-state index is 12.4. The fourth-order valence-corrected chi connectivity index (χ4v) is 2.63. The van der Waals surface area contributed by atoms with E-state index in [9.17, 15) is 4.79 Å². The minimum absolute atomic E-state index is 0.134. The number of amides is 1. The number of rotatable bonds is 8. The van der Waals surface area contributed by atoms with Crippen molar-refractivity contribution in [3.05, 3.63) is 59.1 Å². The lowest BCUT2D eigenvalue weighted by molar-refractivity contribution is -0.134. The molecule has 0 aliphatic rings. The summed E-state index contributed by atoms with van der Waals surface area (Å²) in [6, 6.07) is 15.4. The van der Waals surface area contributed by atoms with Crippen LogP contribution in [0.2, 0.25) is 5.02 Å². The van der Waals surface area contributed by atoms with Gasteiger partial charge in [0.2, 0.25) is 0 Å². The summed E-state index contributed by atoms with van der Waals surface area (Å²) in [5.74, 6) is 0.485. The topological polar surface area (TPSA) is 41.6 Å². The smallest absolute Gasteiger partial charge is 0.263 e. The molecule has 0 heterocycles. The highest BCUT2D eigenvalue weighted by Gasteiger charge is 2.29. The van der Waals surface area contributed by atoms with E-state index in [1.54, 1.807) is 38.1 Å². The molecule has 0 atom stereocenters. The first-order chi connectivity index (χ1) is 12.3. The Hall–Kier alpha value is -2.20. The summed E-state index contributed by atoms with van der Waals surface area (Å²) in [4.78, 5) is 14.6. The number of hydrogen-bond acceptors (Lipinski definition) is 3. The highest BCUT2D eigenvalue weighted by atomic mass is 35.5. The van der Waals surface area contributed by atoms with Crippen LogP contribution in [0.15, 0.2) is 48.5 Å². The average molecular weight is 375 g/mol. The number of carbonyl (C=O) groups is 1. The van der Waals surface area contributed by atoms with E-state index in [0.717, 1.165) is 13.0 Å². The zero-order valence-corrected chi connectivity index (χ0v) is 16.6. The van der Waals surface area contributed by atoms with E-state index in [2.05, 4.69) is 48.5 Å². The lowest BCUT2D eigenvalue weighted by Crippen LogP contribution is -2.47. The van der Waals surface area contributed by atoms with Gasteiger partial charge in [0.25, 0.3) is 5.91 Å². The van der Waals surface area contributed by atoms with Crippen molar-refractivity contribution in [2.75, 3.05) is 25.0 Å². The van der Waals surface area contributed by atoms with Crippen LogP contribution in [-0.2, 0) is 4.79 Å². The van der Waals surface area contributed by atoms with Gasteiger partial charge >= 0.3 is 0 Å². The minimum Gasteiger partial charge on any atom is -0.478 e. The van der Waals surface area contributed by atoms with Crippen molar-refractivity contribution in [2.24, 2.45) is 0 Å². The molecule has 2 aromatic carbocycles.